The molecule has 0 radical (unpaired) electrons. The third-order valence-corrected chi connectivity index (χ3v) is 6.22. The van der Waals surface area contributed by atoms with Gasteiger partial charge in [-0.3, -0.25) is 9.59 Å². The minimum atomic E-state index is -3.26. The molecule has 0 bridgehead atoms. The summed E-state index contributed by atoms with van der Waals surface area (Å²) < 4.78 is 50.4. The van der Waals surface area contributed by atoms with Gasteiger partial charge in [0, 0.05) is 29.6 Å². The van der Waals surface area contributed by atoms with Gasteiger partial charge in [0.1, 0.15) is 27.2 Å². The van der Waals surface area contributed by atoms with E-state index in [4.69, 9.17) is 28.9 Å². The Morgan fingerprint density at radius 2 is 1.74 bits per heavy atom. The Kier molecular flexibility index (Phi) is 7.93. The zero-order chi connectivity index (χ0) is 25.9. The number of nitrogens with one attached hydrogen (secondary N) is 2. The largest absolute Gasteiger partial charge is 0.398 e. The number of hydrogen-bond acceptors (Lipinski definition) is 6. The number of sulfone groups is 1. The van der Waals surface area contributed by atoms with Crippen molar-refractivity contribution in [2.24, 2.45) is 0 Å². The third kappa shape index (κ3) is 6.65. The van der Waals surface area contributed by atoms with Gasteiger partial charge in [0.2, 0.25) is 0 Å². The predicted molar refractivity (Wildman–Crippen MR) is 130 cm³/mol. The average Bonchev–Trinajstić information content (AvgIpc) is 2.74. The lowest BCUT2D eigenvalue weighted by atomic mass is 10.0. The van der Waals surface area contributed by atoms with Gasteiger partial charge in [-0.15, -0.1) is 0 Å². The van der Waals surface area contributed by atoms with Crippen LogP contribution in [0.4, 0.5) is 20.2 Å². The second kappa shape index (κ2) is 10.5. The summed E-state index contributed by atoms with van der Waals surface area (Å²) in [5, 5.41) is 4.63. The summed E-state index contributed by atoms with van der Waals surface area (Å²) in [5.41, 5.74) is 5.67. The van der Waals surface area contributed by atoms with Crippen molar-refractivity contribution in [1.29, 1.82) is 0 Å². The van der Waals surface area contributed by atoms with E-state index in [2.05, 4.69) is 15.6 Å². The van der Waals surface area contributed by atoms with Gasteiger partial charge < -0.3 is 16.4 Å². The lowest BCUT2D eigenvalue weighted by Crippen LogP contribution is -2.29. The number of carbonyl (C=O) groups excluding carboxylic acids is 2. The van der Waals surface area contributed by atoms with Crippen LogP contribution < -0.4 is 16.4 Å². The number of pyridine rings is 1. The Labute approximate surface area is 209 Å². The van der Waals surface area contributed by atoms with Crippen LogP contribution in [0.5, 0.6) is 0 Å². The minimum Gasteiger partial charge on any atom is -0.398 e. The van der Waals surface area contributed by atoms with Crippen molar-refractivity contribution in [1.82, 2.24) is 10.3 Å². The number of halogens is 4. The van der Waals surface area contributed by atoms with Crippen molar-refractivity contribution < 1.29 is 26.8 Å². The molecule has 1 aromatic heterocycles. The molecule has 0 aliphatic carbocycles. The Bertz CT molecular complexity index is 1440. The molecule has 0 unspecified atom stereocenters. The number of nitrogens with two attached hydrogens (primary N) is 1. The van der Waals surface area contributed by atoms with E-state index in [9.17, 15) is 26.8 Å². The van der Waals surface area contributed by atoms with E-state index >= 15 is 0 Å². The molecule has 2 amide bonds. The Hall–Kier alpha value is -3.28. The first-order valence-electron chi connectivity index (χ1n) is 9.83. The van der Waals surface area contributed by atoms with Gasteiger partial charge in [0.25, 0.3) is 11.8 Å². The van der Waals surface area contributed by atoms with E-state index < -0.39 is 33.3 Å². The van der Waals surface area contributed by atoms with Gasteiger partial charge in [0.15, 0.2) is 0 Å². The number of nitrogen functional groups attached to an aromatic ring is 1. The Morgan fingerprint density at radius 1 is 1.03 bits per heavy atom. The molecule has 2 aromatic carbocycles. The zero-order valence-electron chi connectivity index (χ0n) is 18.0. The van der Waals surface area contributed by atoms with Gasteiger partial charge in [0.05, 0.1) is 33.2 Å². The molecule has 184 valence electrons. The van der Waals surface area contributed by atoms with Gasteiger partial charge in [-0.2, -0.15) is 0 Å². The highest BCUT2D eigenvalue weighted by atomic mass is 35.5. The summed E-state index contributed by atoms with van der Waals surface area (Å²) in [6.07, 6.45) is 2.18. The van der Waals surface area contributed by atoms with Gasteiger partial charge >= 0.3 is 0 Å². The van der Waals surface area contributed by atoms with Gasteiger partial charge in [-0.25, -0.2) is 22.2 Å². The van der Waals surface area contributed by atoms with Crippen molar-refractivity contribution in [3.05, 3.63) is 75.5 Å². The number of rotatable bonds is 7. The highest BCUT2D eigenvalue weighted by molar-refractivity contribution is 7.90. The lowest BCUT2D eigenvalue weighted by molar-refractivity contribution is 0.0951. The summed E-state index contributed by atoms with van der Waals surface area (Å²) in [5.74, 6) is -3.13. The third-order valence-electron chi connectivity index (χ3n) is 4.68. The standard InChI is InChI=1S/C22H18Cl2F2N4O4S/c1-35(33,34)5-4-28-22(32)20-17(24)7-12(10-29-20)30-21(31)15-9-18(26)14(8-16(15)23)13-3-2-11(25)6-19(13)27/h2-3,6-10H,4-5,27H2,1H3,(H,28,32)(H,30,31). The summed E-state index contributed by atoms with van der Waals surface area (Å²) in [7, 11) is -3.26. The highest BCUT2D eigenvalue weighted by Crippen LogP contribution is 2.33. The fraction of sp³-hybridized carbons (Fsp3) is 0.136. The summed E-state index contributed by atoms with van der Waals surface area (Å²) in [4.78, 5) is 28.7. The maximum atomic E-state index is 14.8. The summed E-state index contributed by atoms with van der Waals surface area (Å²) in [6.45, 7) is -0.127. The predicted octanol–water partition coefficient (Wildman–Crippen LogP) is 3.94. The van der Waals surface area contributed by atoms with E-state index in [1.807, 2.05) is 0 Å². The monoisotopic (exact) mass is 542 g/mol. The molecule has 35 heavy (non-hydrogen) atoms. The van der Waals surface area contributed by atoms with Crippen LogP contribution in [0.25, 0.3) is 11.1 Å². The molecule has 0 aliphatic heterocycles. The highest BCUT2D eigenvalue weighted by Gasteiger charge is 2.19. The quantitative estimate of drug-likeness (QED) is 0.387. The number of hydrogen-bond donors (Lipinski definition) is 3. The maximum absolute atomic E-state index is 14.8. The van der Waals surface area contributed by atoms with Crippen LogP contribution in [0, 0.1) is 11.6 Å². The number of nitrogens with zero attached hydrogens (tertiary/aromatic N) is 1. The molecule has 0 fully saturated rings. The van der Waals surface area contributed by atoms with Crippen LogP contribution in [0.3, 0.4) is 0 Å². The zero-order valence-corrected chi connectivity index (χ0v) is 20.4. The van der Waals surface area contributed by atoms with Crippen LogP contribution >= 0.6 is 23.2 Å². The molecule has 1 heterocycles. The van der Waals surface area contributed by atoms with Crippen molar-refractivity contribution in [3.63, 3.8) is 0 Å². The number of carbonyl (C=O) groups is 2. The normalized spacial score (nSPS) is 11.2. The molecule has 0 aliphatic rings. The lowest BCUT2D eigenvalue weighted by Gasteiger charge is -2.12. The molecule has 4 N–H and O–H groups in total. The Balaban J connectivity index is 1.77. The smallest absolute Gasteiger partial charge is 0.271 e. The van der Waals surface area contributed by atoms with E-state index in [1.54, 1.807) is 0 Å². The van der Waals surface area contributed by atoms with E-state index in [0.29, 0.717) is 0 Å². The fourth-order valence-corrected chi connectivity index (χ4v) is 3.99. The van der Waals surface area contributed by atoms with Crippen LogP contribution in [0.2, 0.25) is 10.0 Å². The first kappa shape index (κ1) is 26.3. The van der Waals surface area contributed by atoms with E-state index in [-0.39, 0.29) is 56.1 Å². The second-order valence-corrected chi connectivity index (χ2v) is 10.5. The summed E-state index contributed by atoms with van der Waals surface area (Å²) >= 11 is 12.3. The van der Waals surface area contributed by atoms with Crippen LogP contribution in [-0.2, 0) is 9.84 Å². The van der Waals surface area contributed by atoms with Crippen LogP contribution in [0.15, 0.2) is 42.6 Å². The molecular weight excluding hydrogens is 525 g/mol. The number of aromatic nitrogens is 1. The van der Waals surface area contributed by atoms with E-state index in [1.165, 1.54) is 18.2 Å². The molecule has 0 spiro atoms. The molecule has 3 aromatic rings. The van der Waals surface area contributed by atoms with Crippen molar-refractivity contribution in [2.45, 2.75) is 0 Å². The first-order valence-corrected chi connectivity index (χ1v) is 12.6. The van der Waals surface area contributed by atoms with Crippen molar-refractivity contribution >= 4 is 56.2 Å². The maximum Gasteiger partial charge on any atom is 0.271 e. The number of benzene rings is 2. The molecular formula is C22H18Cl2F2N4O4S. The van der Waals surface area contributed by atoms with E-state index in [0.717, 1.165) is 30.7 Å². The average molecular weight is 543 g/mol. The molecule has 8 nitrogen and oxygen atoms in total. The fourth-order valence-electron chi connectivity index (χ4n) is 3.01. The molecule has 0 saturated heterocycles. The minimum absolute atomic E-state index is 0.00155. The van der Waals surface area contributed by atoms with Crippen LogP contribution in [0.1, 0.15) is 20.8 Å². The molecule has 13 heteroatoms. The number of amides is 2. The SMILES string of the molecule is CS(=O)(=O)CCNC(=O)c1ncc(NC(=O)c2cc(F)c(-c3ccc(F)cc3N)cc2Cl)cc1Cl. The topological polar surface area (TPSA) is 131 Å². The van der Waals surface area contributed by atoms with Crippen LogP contribution in [-0.4, -0.2) is 43.8 Å². The van der Waals surface area contributed by atoms with Crippen molar-refractivity contribution in [3.8, 4) is 11.1 Å². The first-order chi connectivity index (χ1) is 16.4. The molecule has 0 atom stereocenters. The molecule has 3 rings (SSSR count). The van der Waals surface area contributed by atoms with Crippen molar-refractivity contribution in [2.75, 3.05) is 29.6 Å². The summed E-state index contributed by atoms with van der Waals surface area (Å²) in [6, 6.07) is 6.81. The molecule has 0 saturated carbocycles. The van der Waals surface area contributed by atoms with Gasteiger partial charge in [-0.05, 0) is 36.4 Å². The van der Waals surface area contributed by atoms with Gasteiger partial charge in [-0.1, -0.05) is 23.2 Å². The number of anilines is 2. The second-order valence-electron chi connectivity index (χ2n) is 7.44. The Morgan fingerprint density at radius 3 is 2.37 bits per heavy atom.